The number of hydrogen-bond donors (Lipinski definition) is 1. The molecule has 566 valence electrons. The van der Waals surface area contributed by atoms with Crippen LogP contribution >= 0.6 is 0 Å². The Hall–Kier alpha value is -7.14. The van der Waals surface area contributed by atoms with Crippen LogP contribution in [0.4, 0.5) is 123 Å². The summed E-state index contributed by atoms with van der Waals surface area (Å²) in [5, 5.41) is -27.0. The Balaban J connectivity index is 0.000000370. The van der Waals surface area contributed by atoms with Crippen molar-refractivity contribution in [2.45, 2.75) is 194 Å². The largest absolute Gasteiger partial charge is 0.337 e. The van der Waals surface area contributed by atoms with Gasteiger partial charge < -0.3 is 4.90 Å². The van der Waals surface area contributed by atoms with E-state index in [1.54, 1.807) is 4.90 Å². The number of benzene rings is 8. The van der Waals surface area contributed by atoms with Crippen LogP contribution in [0.2, 0.25) is 0 Å². The van der Waals surface area contributed by atoms with E-state index >= 15 is 105 Å². The first kappa shape index (κ1) is 83.1. The Morgan fingerprint density at radius 3 is 0.447 bits per heavy atom. The first-order chi connectivity index (χ1) is 48.8. The van der Waals surface area contributed by atoms with Crippen molar-refractivity contribution in [2.75, 3.05) is 20.1 Å². The minimum absolute atomic E-state index is 1.37. The van der Waals surface area contributed by atoms with Crippen molar-refractivity contribution < 1.29 is 128 Å². The summed E-state index contributed by atoms with van der Waals surface area (Å²) in [5.41, 5.74) is -15.5. The second-order valence-electron chi connectivity index (χ2n) is 26.0. The molecule has 0 aliphatic carbocycles. The highest BCUT2D eigenvalue weighted by Gasteiger charge is 2.52. The molecular weight excluding hydrogens is 1430 g/mol. The lowest BCUT2D eigenvalue weighted by Gasteiger charge is -2.47. The number of nitrogens with one attached hydrogen (secondary N) is 1. The van der Waals surface area contributed by atoms with Gasteiger partial charge in [-0.3, -0.25) is 0 Å². The van der Waals surface area contributed by atoms with Crippen LogP contribution in [0.5, 0.6) is 0 Å². The van der Waals surface area contributed by atoms with E-state index in [2.05, 4.69) is 20.9 Å². The van der Waals surface area contributed by atoms with E-state index in [1.807, 2.05) is 0 Å². The molecule has 0 spiro atoms. The summed E-state index contributed by atoms with van der Waals surface area (Å²) in [4.78, 5) is 1.78. The lowest BCUT2D eigenvalue weighted by molar-refractivity contribution is -0.880. The molecule has 8 rings (SSSR count). The summed E-state index contributed by atoms with van der Waals surface area (Å²) >= 11 is 0. The molecule has 30 heteroatoms. The van der Waals surface area contributed by atoms with Gasteiger partial charge in [0.1, 0.15) is 29.4 Å². The maximum Gasteiger partial charge on any atom is 0.198 e. The Morgan fingerprint density at radius 2 is 0.291 bits per heavy atom. The standard InChI is InChI=1S/C40BF28.C33H69N/c42-13-1-5(21(50)37(66)33(13)62)17(46)29(58)25(54)9(1)41(10-2-6(18(47)30(59)26(10)55)22(51)38(67)34(63)14(2)43,11-3-7(19(48)31(60)27(11)56)23(52)39(68)35(64)15(3)44)12-4-8(20(49)32(61)28(12)57)24(53)40(69)36(65)16(4)45;1-4-6-8-10-12-14-16-18-20-22-24-26-28-30-32-34(3)33-31-29-27-25-23-21-19-17-15-13-11-9-7-5-2/h;4-33H2,1-3H3/q-1;/p+1. The third-order valence-electron chi connectivity index (χ3n) is 19.2. The minimum Gasteiger partial charge on any atom is -0.337 e. The monoisotopic (exact) mass is 1500 g/mol. The summed E-state index contributed by atoms with van der Waals surface area (Å²) in [6.45, 7) is 7.41. The number of quaternary nitrogens is 1. The van der Waals surface area contributed by atoms with Crippen molar-refractivity contribution >= 4 is 71.1 Å². The molecule has 0 atom stereocenters. The molecular formula is C73H70BF28N. The third kappa shape index (κ3) is 16.2. The van der Waals surface area contributed by atoms with Crippen molar-refractivity contribution in [2.24, 2.45) is 0 Å². The van der Waals surface area contributed by atoms with Gasteiger partial charge in [-0.1, -0.05) is 168 Å². The summed E-state index contributed by atoms with van der Waals surface area (Å²) in [7, 11) is 2.42. The maximum atomic E-state index is 17.3. The molecule has 0 aliphatic rings. The van der Waals surface area contributed by atoms with Crippen LogP contribution in [0.1, 0.15) is 194 Å². The van der Waals surface area contributed by atoms with Gasteiger partial charge in [-0.2, -0.15) is 0 Å². The molecule has 0 saturated carbocycles. The predicted molar refractivity (Wildman–Crippen MR) is 336 cm³/mol. The van der Waals surface area contributed by atoms with Crippen LogP contribution < -0.4 is 26.8 Å². The molecule has 0 amide bonds. The van der Waals surface area contributed by atoms with Crippen molar-refractivity contribution in [1.82, 2.24) is 0 Å². The van der Waals surface area contributed by atoms with Crippen LogP contribution in [-0.4, -0.2) is 26.3 Å². The predicted octanol–water partition coefficient (Wildman–Crippen LogP) is 22.0. The fourth-order valence-electron chi connectivity index (χ4n) is 14.0. The molecule has 0 radical (unpaired) electrons. The number of unbranched alkanes of at least 4 members (excludes halogenated alkanes) is 26. The Morgan fingerprint density at radius 1 is 0.165 bits per heavy atom. The summed E-state index contributed by atoms with van der Waals surface area (Å²) in [6.07, 6.45) is 33.0. The normalized spacial score (nSPS) is 12.1. The molecule has 0 aliphatic heterocycles. The number of hydrogen-bond acceptors (Lipinski definition) is 0. The zero-order valence-electron chi connectivity index (χ0n) is 55.9. The molecule has 1 nitrogen and oxygen atoms in total. The summed E-state index contributed by atoms with van der Waals surface area (Å²) < 4.78 is 446. The molecule has 0 fully saturated rings. The van der Waals surface area contributed by atoms with Crippen LogP contribution in [-0.2, 0) is 0 Å². The van der Waals surface area contributed by atoms with Crippen molar-refractivity contribution in [3.8, 4) is 0 Å². The molecule has 0 bridgehead atoms. The van der Waals surface area contributed by atoms with Gasteiger partial charge in [0.05, 0.1) is 41.7 Å². The number of fused-ring (bicyclic) bond motifs is 4. The van der Waals surface area contributed by atoms with Gasteiger partial charge in [-0.25, -0.2) is 123 Å². The second kappa shape index (κ2) is 36.2. The van der Waals surface area contributed by atoms with Gasteiger partial charge in [0.25, 0.3) is 0 Å². The maximum absolute atomic E-state index is 17.3. The SMILES string of the molecule is CCCCCCCCCCCCCCCC[NH+](C)CCCCCCCCCCCCCCCC.Fc1c(F)c(F)c2c([B-](c3c(F)c(F)c(F)c4c(F)c(F)c(F)c(F)c34)(c3c(F)c(F)c(F)c4c(F)c(F)c(F)c(F)c34)c3c(F)c(F)c(F)c4c(F)c(F)c(F)c(F)c34)c(F)c(F)c(F)c2c1F. The Labute approximate surface area is 573 Å². The molecule has 8 aromatic rings. The van der Waals surface area contributed by atoms with Gasteiger partial charge >= 0.3 is 0 Å². The van der Waals surface area contributed by atoms with E-state index in [9.17, 15) is 17.6 Å². The highest BCUT2D eigenvalue weighted by molar-refractivity contribution is 7.23. The second-order valence-corrected chi connectivity index (χ2v) is 26.0. The van der Waals surface area contributed by atoms with E-state index in [4.69, 9.17) is 0 Å². The van der Waals surface area contributed by atoms with Crippen LogP contribution in [0.25, 0.3) is 43.1 Å². The smallest absolute Gasteiger partial charge is 0.198 e. The molecule has 8 aromatic carbocycles. The summed E-state index contributed by atoms with van der Waals surface area (Å²) in [5.74, 6) is -104. The van der Waals surface area contributed by atoms with E-state index in [-0.39, 0.29) is 0 Å². The van der Waals surface area contributed by atoms with Gasteiger partial charge in [0.2, 0.25) is 0 Å². The summed E-state index contributed by atoms with van der Waals surface area (Å²) in [6, 6.07) is 0. The zero-order valence-corrected chi connectivity index (χ0v) is 55.9. The number of halogens is 28. The molecule has 0 aromatic heterocycles. The van der Waals surface area contributed by atoms with Crippen molar-refractivity contribution in [3.05, 3.63) is 163 Å². The molecule has 1 N–H and O–H groups in total. The quantitative estimate of drug-likeness (QED) is 0.0135. The van der Waals surface area contributed by atoms with Crippen LogP contribution in [0.15, 0.2) is 0 Å². The van der Waals surface area contributed by atoms with E-state index in [1.165, 1.54) is 193 Å². The average molecular weight is 1500 g/mol. The van der Waals surface area contributed by atoms with E-state index in [0.29, 0.717) is 0 Å². The fraction of sp³-hybridized carbons (Fsp3) is 0.452. The van der Waals surface area contributed by atoms with E-state index < -0.39 is 234 Å². The van der Waals surface area contributed by atoms with Crippen LogP contribution in [0.3, 0.4) is 0 Å². The molecule has 0 unspecified atom stereocenters. The van der Waals surface area contributed by atoms with Gasteiger partial charge in [-0.05, 0) is 47.2 Å². The molecule has 103 heavy (non-hydrogen) atoms. The highest BCUT2D eigenvalue weighted by Crippen LogP contribution is 2.42. The Bertz CT molecular complexity index is 3870. The number of rotatable bonds is 34. The van der Waals surface area contributed by atoms with Crippen molar-refractivity contribution in [3.63, 3.8) is 0 Å². The third-order valence-corrected chi connectivity index (χ3v) is 19.2. The van der Waals surface area contributed by atoms with E-state index in [0.717, 1.165) is 0 Å². The molecule has 0 saturated heterocycles. The van der Waals surface area contributed by atoms with Crippen LogP contribution in [0, 0.1) is 163 Å². The first-order valence-electron chi connectivity index (χ1n) is 34.1. The zero-order chi connectivity index (χ0) is 76.4. The van der Waals surface area contributed by atoms with Gasteiger partial charge in [0.15, 0.2) is 140 Å². The topological polar surface area (TPSA) is 4.44 Å². The average Bonchev–Trinajstić information content (AvgIpc) is 0.662. The van der Waals surface area contributed by atoms with Gasteiger partial charge in [-0.15, -0.1) is 21.9 Å². The van der Waals surface area contributed by atoms with Crippen molar-refractivity contribution in [1.29, 1.82) is 0 Å². The molecule has 0 heterocycles. The lowest BCUT2D eigenvalue weighted by Crippen LogP contribution is -3.09. The lowest BCUT2D eigenvalue weighted by atomic mass is 9.11. The van der Waals surface area contributed by atoms with Gasteiger partial charge in [0, 0.05) is 0 Å². The first-order valence-corrected chi connectivity index (χ1v) is 34.1. The Kier molecular flexibility index (Phi) is 29.3. The fourth-order valence-corrected chi connectivity index (χ4v) is 14.0. The highest BCUT2D eigenvalue weighted by atomic mass is 19.2. The minimum atomic E-state index is -8.05.